The van der Waals surface area contributed by atoms with Gasteiger partial charge in [0.25, 0.3) is 0 Å². The van der Waals surface area contributed by atoms with E-state index in [1.807, 2.05) is 0 Å². The number of hydrogen-bond acceptors (Lipinski definition) is 4. The van der Waals surface area contributed by atoms with Crippen molar-refractivity contribution < 1.29 is 23.8 Å². The number of nitrogens with zero attached hydrogens (tertiary/aromatic N) is 2. The van der Waals surface area contributed by atoms with Crippen molar-refractivity contribution in [3.8, 4) is 0 Å². The summed E-state index contributed by atoms with van der Waals surface area (Å²) in [7, 11) is 0. The molecule has 0 saturated carbocycles. The van der Waals surface area contributed by atoms with E-state index in [0.717, 1.165) is 4.90 Å². The van der Waals surface area contributed by atoms with Crippen molar-refractivity contribution >= 4 is 12.1 Å². The normalized spacial score (nSPS) is 16.6. The Kier molecular flexibility index (Phi) is 3.37. The van der Waals surface area contributed by atoms with Crippen molar-refractivity contribution in [3.63, 3.8) is 0 Å². The summed E-state index contributed by atoms with van der Waals surface area (Å²) in [6.45, 7) is 0.789. The Morgan fingerprint density at radius 1 is 1.53 bits per heavy atom. The lowest BCUT2D eigenvalue weighted by molar-refractivity contribution is -0.142. The third-order valence-electron chi connectivity index (χ3n) is 2.84. The van der Waals surface area contributed by atoms with E-state index in [2.05, 4.69) is 4.98 Å². The van der Waals surface area contributed by atoms with Gasteiger partial charge in [0.05, 0.1) is 24.5 Å². The minimum atomic E-state index is -1.76. The third kappa shape index (κ3) is 2.81. The van der Waals surface area contributed by atoms with Gasteiger partial charge >= 0.3 is 12.1 Å². The standard InChI is InChI=1S/C12H13FN2O4/c1-8(16)19-5-9-3-2-4-10(14-9)12(13)6-15(7-12)11(17)18/h2-4H,5-7H2,1H3,(H,17,18). The molecule has 102 valence electrons. The molecule has 7 heteroatoms. The molecule has 6 nitrogen and oxygen atoms in total. The quantitative estimate of drug-likeness (QED) is 0.836. The van der Waals surface area contributed by atoms with Gasteiger partial charge in [0.1, 0.15) is 6.61 Å². The van der Waals surface area contributed by atoms with Crippen LogP contribution in [0.3, 0.4) is 0 Å². The number of carbonyl (C=O) groups is 2. The minimum Gasteiger partial charge on any atom is -0.465 e. The number of alkyl halides is 1. The van der Waals surface area contributed by atoms with Crippen LogP contribution in [0.2, 0.25) is 0 Å². The lowest BCUT2D eigenvalue weighted by Crippen LogP contribution is -2.58. The molecule has 0 atom stereocenters. The van der Waals surface area contributed by atoms with Gasteiger partial charge in [-0.05, 0) is 12.1 Å². The van der Waals surface area contributed by atoms with Crippen LogP contribution >= 0.6 is 0 Å². The van der Waals surface area contributed by atoms with Crippen molar-refractivity contribution in [2.24, 2.45) is 0 Å². The molecule has 0 bridgehead atoms. The second kappa shape index (κ2) is 4.83. The lowest BCUT2D eigenvalue weighted by atomic mass is 9.92. The fourth-order valence-corrected chi connectivity index (χ4v) is 1.84. The Morgan fingerprint density at radius 2 is 2.21 bits per heavy atom. The number of ether oxygens (including phenoxy) is 1. The topological polar surface area (TPSA) is 79.7 Å². The highest BCUT2D eigenvalue weighted by Crippen LogP contribution is 2.34. The molecule has 1 saturated heterocycles. The van der Waals surface area contributed by atoms with Crippen LogP contribution in [0, 0.1) is 0 Å². The van der Waals surface area contributed by atoms with Gasteiger partial charge in [-0.3, -0.25) is 9.78 Å². The number of carbonyl (C=O) groups excluding carboxylic acids is 1. The molecular weight excluding hydrogens is 255 g/mol. The molecule has 0 aliphatic carbocycles. The first-order valence-corrected chi connectivity index (χ1v) is 5.67. The summed E-state index contributed by atoms with van der Waals surface area (Å²) in [6, 6.07) is 4.71. The van der Waals surface area contributed by atoms with E-state index in [4.69, 9.17) is 9.84 Å². The van der Waals surface area contributed by atoms with Crippen LogP contribution in [0.15, 0.2) is 18.2 Å². The molecule has 1 aliphatic heterocycles. The van der Waals surface area contributed by atoms with E-state index in [-0.39, 0.29) is 25.4 Å². The van der Waals surface area contributed by atoms with Crippen molar-refractivity contribution in [1.82, 2.24) is 9.88 Å². The number of hydrogen-bond donors (Lipinski definition) is 1. The number of carboxylic acid groups (broad SMARTS) is 1. The zero-order valence-corrected chi connectivity index (χ0v) is 10.3. The van der Waals surface area contributed by atoms with E-state index in [1.165, 1.54) is 13.0 Å². The largest absolute Gasteiger partial charge is 0.465 e. The van der Waals surface area contributed by atoms with Gasteiger partial charge in [-0.25, -0.2) is 9.18 Å². The van der Waals surface area contributed by atoms with Gasteiger partial charge in [0.2, 0.25) is 0 Å². The molecule has 1 aromatic heterocycles. The number of aromatic nitrogens is 1. The zero-order valence-electron chi connectivity index (χ0n) is 10.3. The van der Waals surface area contributed by atoms with Crippen molar-refractivity contribution in [2.75, 3.05) is 13.1 Å². The van der Waals surface area contributed by atoms with E-state index in [9.17, 15) is 14.0 Å². The van der Waals surface area contributed by atoms with Gasteiger partial charge in [0.15, 0.2) is 5.67 Å². The third-order valence-corrected chi connectivity index (χ3v) is 2.84. The maximum Gasteiger partial charge on any atom is 0.407 e. The van der Waals surface area contributed by atoms with Crippen LogP contribution in [-0.4, -0.2) is 40.1 Å². The average Bonchev–Trinajstić information content (AvgIpc) is 2.32. The fraction of sp³-hybridized carbons (Fsp3) is 0.417. The van der Waals surface area contributed by atoms with E-state index in [0.29, 0.717) is 5.69 Å². The number of esters is 1. The van der Waals surface area contributed by atoms with E-state index < -0.39 is 17.7 Å². The SMILES string of the molecule is CC(=O)OCc1cccc(C2(F)CN(C(=O)O)C2)n1. The second-order valence-corrected chi connectivity index (χ2v) is 4.40. The van der Waals surface area contributed by atoms with Crippen LogP contribution < -0.4 is 0 Å². The summed E-state index contributed by atoms with van der Waals surface area (Å²) in [5.41, 5.74) is -1.17. The number of amides is 1. The molecule has 1 fully saturated rings. The predicted molar refractivity (Wildman–Crippen MR) is 62.1 cm³/mol. The minimum absolute atomic E-state index is 0.0259. The number of rotatable bonds is 3. The first kappa shape index (κ1) is 13.3. The summed E-state index contributed by atoms with van der Waals surface area (Å²) in [6.07, 6.45) is -1.15. The van der Waals surface area contributed by atoms with Gasteiger partial charge in [-0.1, -0.05) is 6.07 Å². The second-order valence-electron chi connectivity index (χ2n) is 4.40. The summed E-state index contributed by atoms with van der Waals surface area (Å²) in [5.74, 6) is -0.442. The molecule has 2 heterocycles. The molecule has 0 radical (unpaired) electrons. The monoisotopic (exact) mass is 268 g/mol. The van der Waals surface area contributed by atoms with Crippen LogP contribution in [-0.2, 0) is 21.8 Å². The average molecular weight is 268 g/mol. The maximum atomic E-state index is 14.4. The molecule has 0 unspecified atom stereocenters. The highest BCUT2D eigenvalue weighted by Gasteiger charge is 2.48. The number of likely N-dealkylation sites (tertiary alicyclic amines) is 1. The first-order chi connectivity index (χ1) is 8.90. The molecule has 1 aliphatic rings. The molecule has 1 aromatic rings. The van der Waals surface area contributed by atoms with Crippen molar-refractivity contribution in [3.05, 3.63) is 29.6 Å². The molecule has 19 heavy (non-hydrogen) atoms. The van der Waals surface area contributed by atoms with Gasteiger partial charge in [-0.2, -0.15) is 0 Å². The lowest BCUT2D eigenvalue weighted by Gasteiger charge is -2.42. The number of pyridine rings is 1. The Balaban J connectivity index is 2.07. The molecule has 0 spiro atoms. The van der Waals surface area contributed by atoms with Crippen LogP contribution in [0.5, 0.6) is 0 Å². The Bertz CT molecular complexity index is 514. The van der Waals surface area contributed by atoms with E-state index >= 15 is 0 Å². The summed E-state index contributed by atoms with van der Waals surface area (Å²) >= 11 is 0. The van der Waals surface area contributed by atoms with Crippen LogP contribution in [0.4, 0.5) is 9.18 Å². The Morgan fingerprint density at radius 3 is 2.79 bits per heavy atom. The van der Waals surface area contributed by atoms with Crippen molar-refractivity contribution in [2.45, 2.75) is 19.2 Å². The van der Waals surface area contributed by atoms with Crippen LogP contribution in [0.25, 0.3) is 0 Å². The molecule has 1 amide bonds. The smallest absolute Gasteiger partial charge is 0.407 e. The molecule has 2 rings (SSSR count). The summed E-state index contributed by atoms with van der Waals surface area (Å²) in [5, 5.41) is 8.69. The Labute approximate surface area is 108 Å². The fourth-order valence-electron chi connectivity index (χ4n) is 1.84. The molecule has 1 N–H and O–H groups in total. The molecule has 0 aromatic carbocycles. The van der Waals surface area contributed by atoms with E-state index in [1.54, 1.807) is 12.1 Å². The zero-order chi connectivity index (χ0) is 14.0. The highest BCUT2D eigenvalue weighted by molar-refractivity contribution is 5.67. The molecular formula is C12H13FN2O4. The van der Waals surface area contributed by atoms with Gasteiger partial charge < -0.3 is 14.7 Å². The predicted octanol–water partition coefficient (Wildman–Crippen LogP) is 1.30. The highest BCUT2D eigenvalue weighted by atomic mass is 19.1. The van der Waals surface area contributed by atoms with Crippen LogP contribution in [0.1, 0.15) is 18.3 Å². The van der Waals surface area contributed by atoms with Crippen molar-refractivity contribution in [1.29, 1.82) is 0 Å². The maximum absolute atomic E-state index is 14.4. The summed E-state index contributed by atoms with van der Waals surface area (Å²) < 4.78 is 19.1. The number of halogens is 1. The van der Waals surface area contributed by atoms with Gasteiger partial charge in [0, 0.05) is 6.92 Å². The van der Waals surface area contributed by atoms with Gasteiger partial charge in [-0.15, -0.1) is 0 Å². The Hall–Kier alpha value is -2.18. The first-order valence-electron chi connectivity index (χ1n) is 5.67. The summed E-state index contributed by atoms with van der Waals surface area (Å²) in [4.78, 5) is 26.3.